The highest BCUT2D eigenvalue weighted by Gasteiger charge is 2.36. The van der Waals surface area contributed by atoms with E-state index in [9.17, 15) is 40.1 Å². The van der Waals surface area contributed by atoms with Crippen molar-refractivity contribution in [3.8, 4) is 0 Å². The Labute approximate surface area is 204 Å². The molecular formula is C21H32B2N2O10. The van der Waals surface area contributed by atoms with E-state index >= 15 is 0 Å². The molecule has 0 bridgehead atoms. The van der Waals surface area contributed by atoms with Gasteiger partial charge in [0.25, 0.3) is 0 Å². The minimum atomic E-state index is -1.76. The molecule has 1 rings (SSSR count). The van der Waals surface area contributed by atoms with Crippen LogP contribution in [0.4, 0.5) is 0 Å². The molecule has 0 aliphatic carbocycles. The largest absolute Gasteiger partial charge is 0.497 e. The van der Waals surface area contributed by atoms with E-state index in [0.29, 0.717) is 23.9 Å². The van der Waals surface area contributed by atoms with E-state index in [4.69, 9.17) is 9.31 Å². The summed E-state index contributed by atoms with van der Waals surface area (Å²) in [5, 5.41) is 63.0. The second-order valence-electron chi connectivity index (χ2n) is 7.45. The molecule has 0 fully saturated rings. The summed E-state index contributed by atoms with van der Waals surface area (Å²) < 4.78 is 11.6. The maximum absolute atomic E-state index is 11.9. The van der Waals surface area contributed by atoms with Gasteiger partial charge in [-0.25, -0.2) is 0 Å². The van der Waals surface area contributed by atoms with Crippen LogP contribution in [-0.4, -0.2) is 94.4 Å². The van der Waals surface area contributed by atoms with E-state index in [2.05, 4.69) is 23.8 Å². The van der Waals surface area contributed by atoms with Gasteiger partial charge in [-0.3, -0.25) is 9.59 Å². The maximum Gasteiger partial charge on any atom is 0.497 e. The van der Waals surface area contributed by atoms with Crippen molar-refractivity contribution in [2.75, 3.05) is 13.2 Å². The molecule has 1 aromatic rings. The Balaban J connectivity index is 3.55. The molecule has 0 saturated heterocycles. The van der Waals surface area contributed by atoms with Crippen LogP contribution in [0.15, 0.2) is 43.5 Å². The molecule has 8 N–H and O–H groups in total. The summed E-state index contributed by atoms with van der Waals surface area (Å²) in [6.45, 7) is 6.90. The number of rotatable bonds is 16. The lowest BCUT2D eigenvalue weighted by molar-refractivity contribution is -0.124. The van der Waals surface area contributed by atoms with Crippen LogP contribution in [0, 0.1) is 0 Å². The summed E-state index contributed by atoms with van der Waals surface area (Å²) in [4.78, 5) is 23.7. The number of aliphatic hydroxyl groups excluding tert-OH is 4. The minimum Gasteiger partial charge on any atom is -0.423 e. The monoisotopic (exact) mass is 494 g/mol. The Morgan fingerprint density at radius 2 is 1.49 bits per heavy atom. The van der Waals surface area contributed by atoms with Crippen LogP contribution in [-0.2, 0) is 25.3 Å². The van der Waals surface area contributed by atoms with E-state index in [-0.39, 0.29) is 5.46 Å². The average molecular weight is 494 g/mol. The number of hydrogen-bond donors (Lipinski definition) is 8. The molecule has 192 valence electrons. The number of benzene rings is 1. The second kappa shape index (κ2) is 15.4. The number of nitrogens with one attached hydrogen (secondary N) is 2. The van der Waals surface area contributed by atoms with E-state index in [1.54, 1.807) is 0 Å². The number of carbonyl (C=O) groups excluding carboxylic acids is 2. The molecule has 0 radical (unpaired) electrons. The van der Waals surface area contributed by atoms with Crippen LogP contribution in [0.3, 0.4) is 0 Å². The third-order valence-corrected chi connectivity index (χ3v) is 4.79. The zero-order valence-corrected chi connectivity index (χ0v) is 19.4. The Morgan fingerprint density at radius 3 is 1.86 bits per heavy atom. The summed E-state index contributed by atoms with van der Waals surface area (Å²) >= 11 is 0. The Hall–Kier alpha value is -2.55. The zero-order valence-electron chi connectivity index (χ0n) is 19.4. The van der Waals surface area contributed by atoms with E-state index in [0.717, 1.165) is 12.2 Å². The standard InChI is InChI=1S/C21H32B2N2O10/c1-4-7-13-10-14(22(32)33)8-9-15(13)23(34-20(16(28)11-26)24-18(30)5-2)35-21(17(29)12-27)25-19(31)6-3/h5-6,8-10,16-17,20-21,26-29,32-33H,2-4,7,11-12H2,1H3,(H,24,30)(H,25,31). The summed E-state index contributed by atoms with van der Waals surface area (Å²) in [5.74, 6) is -1.47. The van der Waals surface area contributed by atoms with Crippen LogP contribution in [0.2, 0.25) is 0 Å². The first-order valence-electron chi connectivity index (χ1n) is 10.8. The topological polar surface area (TPSA) is 198 Å². The van der Waals surface area contributed by atoms with E-state index < -0.39 is 63.9 Å². The molecule has 0 heterocycles. The Bertz CT molecular complexity index is 819. The van der Waals surface area contributed by atoms with Gasteiger partial charge in [0.1, 0.15) is 24.7 Å². The summed E-state index contributed by atoms with van der Waals surface area (Å²) in [6.07, 6.45) is -3.42. The summed E-state index contributed by atoms with van der Waals surface area (Å²) in [5.41, 5.74) is 1.000. The summed E-state index contributed by atoms with van der Waals surface area (Å²) in [6, 6.07) is 4.31. The van der Waals surface area contributed by atoms with Gasteiger partial charge < -0.3 is 50.4 Å². The number of carbonyl (C=O) groups is 2. The van der Waals surface area contributed by atoms with Gasteiger partial charge in [0, 0.05) is 0 Å². The van der Waals surface area contributed by atoms with Gasteiger partial charge in [-0.05, 0) is 35.1 Å². The normalized spacial score (nSPS) is 14.3. The quantitative estimate of drug-likeness (QED) is 0.0637. The lowest BCUT2D eigenvalue weighted by Gasteiger charge is -2.31. The van der Waals surface area contributed by atoms with Crippen molar-refractivity contribution in [3.63, 3.8) is 0 Å². The Kier molecular flexibility index (Phi) is 13.5. The van der Waals surface area contributed by atoms with Crippen LogP contribution < -0.4 is 21.6 Å². The third kappa shape index (κ3) is 9.55. The molecule has 12 nitrogen and oxygen atoms in total. The van der Waals surface area contributed by atoms with Crippen molar-refractivity contribution in [3.05, 3.63) is 49.1 Å². The first-order valence-corrected chi connectivity index (χ1v) is 10.8. The molecule has 4 atom stereocenters. The van der Waals surface area contributed by atoms with Crippen LogP contribution in [0.5, 0.6) is 0 Å². The van der Waals surface area contributed by atoms with Gasteiger partial charge in [0.05, 0.1) is 13.2 Å². The van der Waals surface area contributed by atoms with E-state index in [1.807, 2.05) is 6.92 Å². The van der Waals surface area contributed by atoms with Crippen LogP contribution in [0.1, 0.15) is 18.9 Å². The third-order valence-electron chi connectivity index (χ3n) is 4.79. The fraction of sp³-hybridized carbons (Fsp3) is 0.429. The van der Waals surface area contributed by atoms with Gasteiger partial charge in [0.15, 0.2) is 0 Å². The molecule has 0 aromatic heterocycles. The fourth-order valence-corrected chi connectivity index (χ4v) is 2.98. The smallest absolute Gasteiger partial charge is 0.423 e. The molecule has 0 spiro atoms. The minimum absolute atomic E-state index is 0.176. The first kappa shape index (κ1) is 30.5. The van der Waals surface area contributed by atoms with Gasteiger partial charge in [-0.1, -0.05) is 44.7 Å². The molecule has 0 saturated carbocycles. The fourth-order valence-electron chi connectivity index (χ4n) is 2.98. The van der Waals surface area contributed by atoms with Crippen molar-refractivity contribution < 1.29 is 49.4 Å². The molecule has 14 heteroatoms. The number of aliphatic hydroxyl groups is 4. The number of hydrogen-bond acceptors (Lipinski definition) is 10. The number of aryl methyl sites for hydroxylation is 1. The highest BCUT2D eigenvalue weighted by atomic mass is 16.6. The number of amides is 2. The summed E-state index contributed by atoms with van der Waals surface area (Å²) in [7, 11) is -3.26. The van der Waals surface area contributed by atoms with Crippen LogP contribution in [0.25, 0.3) is 0 Å². The molecule has 0 aliphatic heterocycles. The SMILES string of the molecule is C=CC(=O)NC(OB(OC(NC(=O)C=C)C(O)CO)c1ccc(B(O)O)cc1CCC)C(O)CO. The Morgan fingerprint density at radius 1 is 1.00 bits per heavy atom. The van der Waals surface area contributed by atoms with Gasteiger partial charge >= 0.3 is 14.2 Å². The lowest BCUT2D eigenvalue weighted by Crippen LogP contribution is -2.57. The van der Waals surface area contributed by atoms with Crippen LogP contribution >= 0.6 is 0 Å². The predicted molar refractivity (Wildman–Crippen MR) is 128 cm³/mol. The van der Waals surface area contributed by atoms with Crippen molar-refractivity contribution in [1.82, 2.24) is 10.6 Å². The van der Waals surface area contributed by atoms with E-state index in [1.165, 1.54) is 18.2 Å². The molecular weight excluding hydrogens is 462 g/mol. The zero-order chi connectivity index (χ0) is 26.5. The van der Waals surface area contributed by atoms with Crippen molar-refractivity contribution in [2.45, 2.75) is 44.4 Å². The van der Waals surface area contributed by atoms with Gasteiger partial charge in [0.2, 0.25) is 11.8 Å². The predicted octanol–water partition coefficient (Wildman–Crippen LogP) is -3.99. The molecule has 2 amide bonds. The van der Waals surface area contributed by atoms with Crippen molar-refractivity contribution >= 4 is 37.0 Å². The molecule has 0 aliphatic rings. The highest BCUT2D eigenvalue weighted by Crippen LogP contribution is 2.10. The lowest BCUT2D eigenvalue weighted by atomic mass is 9.70. The van der Waals surface area contributed by atoms with Gasteiger partial charge in [-0.15, -0.1) is 0 Å². The van der Waals surface area contributed by atoms with Crippen molar-refractivity contribution in [1.29, 1.82) is 0 Å². The highest BCUT2D eigenvalue weighted by molar-refractivity contribution is 6.63. The molecule has 1 aromatic carbocycles. The molecule has 4 unspecified atom stereocenters. The van der Waals surface area contributed by atoms with Crippen molar-refractivity contribution in [2.24, 2.45) is 0 Å². The van der Waals surface area contributed by atoms with Gasteiger partial charge in [-0.2, -0.15) is 0 Å². The average Bonchev–Trinajstić information content (AvgIpc) is 2.85. The second-order valence-corrected chi connectivity index (χ2v) is 7.45. The first-order chi connectivity index (χ1) is 16.6. The maximum atomic E-state index is 11.9. The molecule has 35 heavy (non-hydrogen) atoms.